The van der Waals surface area contributed by atoms with Gasteiger partial charge >= 0.3 is 5.97 Å². The van der Waals surface area contributed by atoms with Crippen molar-refractivity contribution in [3.63, 3.8) is 0 Å². The Kier molecular flexibility index (Phi) is 4.43. The smallest absolute Gasteiger partial charge is 0.335 e. The molecule has 2 aromatic rings. The van der Waals surface area contributed by atoms with Crippen LogP contribution in [0.4, 0.5) is 5.69 Å². The lowest BCUT2D eigenvalue weighted by Crippen LogP contribution is -2.12. The predicted molar refractivity (Wildman–Crippen MR) is 85.0 cm³/mol. The first-order valence-corrected chi connectivity index (χ1v) is 7.09. The predicted octanol–water partition coefficient (Wildman–Crippen LogP) is 4.02. The van der Waals surface area contributed by atoms with E-state index in [1.165, 1.54) is 12.1 Å². The molecule has 108 valence electrons. The molecule has 0 aliphatic carbocycles. The zero-order valence-corrected chi connectivity index (χ0v) is 13.2. The first-order valence-electron chi connectivity index (χ1n) is 6.30. The minimum absolute atomic E-state index is 0.182. The van der Waals surface area contributed by atoms with Crippen LogP contribution in [0.5, 0.6) is 0 Å². The summed E-state index contributed by atoms with van der Waals surface area (Å²) in [5.41, 5.74) is 3.40. The van der Waals surface area contributed by atoms with Gasteiger partial charge in [-0.1, -0.05) is 15.9 Å². The van der Waals surface area contributed by atoms with E-state index in [0.717, 1.165) is 15.6 Å². The standard InChI is InChI=1S/C16H14BrNO3/c1-9-7-12(8-14(17)10(9)2)15(19)18-13-5-3-11(4-6-13)16(20)21/h3-8H,1-2H3,(H,18,19)(H,20,21). The van der Waals surface area contributed by atoms with Crippen molar-refractivity contribution < 1.29 is 14.7 Å². The molecule has 0 bridgehead atoms. The molecule has 1 amide bonds. The van der Waals surface area contributed by atoms with Crippen LogP contribution in [0.15, 0.2) is 40.9 Å². The maximum atomic E-state index is 12.2. The van der Waals surface area contributed by atoms with E-state index < -0.39 is 5.97 Å². The fraction of sp³-hybridized carbons (Fsp3) is 0.125. The lowest BCUT2D eigenvalue weighted by atomic mass is 10.1. The monoisotopic (exact) mass is 347 g/mol. The van der Waals surface area contributed by atoms with Gasteiger partial charge in [0.05, 0.1) is 5.56 Å². The van der Waals surface area contributed by atoms with Crippen molar-refractivity contribution in [3.8, 4) is 0 Å². The van der Waals surface area contributed by atoms with Gasteiger partial charge in [-0.3, -0.25) is 4.79 Å². The van der Waals surface area contributed by atoms with Gasteiger partial charge in [0.2, 0.25) is 0 Å². The molecule has 0 unspecified atom stereocenters. The maximum absolute atomic E-state index is 12.2. The van der Waals surface area contributed by atoms with Gasteiger partial charge in [0.25, 0.3) is 5.91 Å². The molecule has 0 heterocycles. The van der Waals surface area contributed by atoms with Gasteiger partial charge < -0.3 is 10.4 Å². The van der Waals surface area contributed by atoms with E-state index in [1.54, 1.807) is 18.2 Å². The van der Waals surface area contributed by atoms with Gasteiger partial charge in [-0.25, -0.2) is 4.79 Å². The molecule has 4 nitrogen and oxygen atoms in total. The Morgan fingerprint density at radius 1 is 1.05 bits per heavy atom. The molecule has 0 aliphatic rings. The molecule has 0 aromatic heterocycles. The van der Waals surface area contributed by atoms with Crippen LogP contribution in [0, 0.1) is 13.8 Å². The number of amides is 1. The van der Waals surface area contributed by atoms with Gasteiger partial charge in [0.1, 0.15) is 0 Å². The van der Waals surface area contributed by atoms with E-state index in [9.17, 15) is 9.59 Å². The molecular formula is C16H14BrNO3. The number of aromatic carboxylic acids is 1. The zero-order valence-electron chi connectivity index (χ0n) is 11.6. The highest BCUT2D eigenvalue weighted by molar-refractivity contribution is 9.10. The summed E-state index contributed by atoms with van der Waals surface area (Å²) in [4.78, 5) is 23.0. The number of nitrogens with one attached hydrogen (secondary N) is 1. The van der Waals surface area contributed by atoms with Crippen LogP contribution in [0.1, 0.15) is 31.8 Å². The molecule has 5 heteroatoms. The van der Waals surface area contributed by atoms with Crippen LogP contribution in [0.2, 0.25) is 0 Å². The minimum Gasteiger partial charge on any atom is -0.478 e. The van der Waals surface area contributed by atoms with E-state index in [0.29, 0.717) is 11.3 Å². The number of hydrogen-bond acceptors (Lipinski definition) is 2. The Morgan fingerprint density at radius 2 is 1.67 bits per heavy atom. The molecule has 0 fully saturated rings. The molecule has 0 saturated heterocycles. The summed E-state index contributed by atoms with van der Waals surface area (Å²) in [5.74, 6) is -1.23. The Morgan fingerprint density at radius 3 is 2.19 bits per heavy atom. The molecule has 0 saturated carbocycles. The average molecular weight is 348 g/mol. The molecular weight excluding hydrogens is 334 g/mol. The minimum atomic E-state index is -0.994. The van der Waals surface area contributed by atoms with Gasteiger partial charge in [-0.15, -0.1) is 0 Å². The van der Waals surface area contributed by atoms with Crippen molar-refractivity contribution in [2.45, 2.75) is 13.8 Å². The topological polar surface area (TPSA) is 66.4 Å². The van der Waals surface area contributed by atoms with Crippen LogP contribution in [-0.4, -0.2) is 17.0 Å². The van der Waals surface area contributed by atoms with E-state index >= 15 is 0 Å². The highest BCUT2D eigenvalue weighted by Gasteiger charge is 2.10. The second-order valence-corrected chi connectivity index (χ2v) is 5.59. The molecule has 2 rings (SSSR count). The van der Waals surface area contributed by atoms with Crippen molar-refractivity contribution in [2.75, 3.05) is 5.32 Å². The van der Waals surface area contributed by atoms with Crippen LogP contribution in [0.3, 0.4) is 0 Å². The number of rotatable bonds is 3. The maximum Gasteiger partial charge on any atom is 0.335 e. The number of benzene rings is 2. The second kappa shape index (κ2) is 6.10. The molecule has 21 heavy (non-hydrogen) atoms. The number of carbonyl (C=O) groups excluding carboxylic acids is 1. The number of carboxylic acid groups (broad SMARTS) is 1. The molecule has 0 radical (unpaired) electrons. The van der Waals surface area contributed by atoms with Crippen molar-refractivity contribution in [1.29, 1.82) is 0 Å². The summed E-state index contributed by atoms with van der Waals surface area (Å²) in [7, 11) is 0. The third-order valence-electron chi connectivity index (χ3n) is 3.26. The molecule has 0 aliphatic heterocycles. The van der Waals surface area contributed by atoms with Gasteiger partial charge in [-0.2, -0.15) is 0 Å². The van der Waals surface area contributed by atoms with E-state index in [-0.39, 0.29) is 11.5 Å². The number of carbonyl (C=O) groups is 2. The highest BCUT2D eigenvalue weighted by atomic mass is 79.9. The fourth-order valence-corrected chi connectivity index (χ4v) is 2.41. The molecule has 2 N–H and O–H groups in total. The summed E-state index contributed by atoms with van der Waals surface area (Å²) in [5, 5.41) is 11.6. The lowest BCUT2D eigenvalue weighted by Gasteiger charge is -2.09. The summed E-state index contributed by atoms with van der Waals surface area (Å²) >= 11 is 3.43. The van der Waals surface area contributed by atoms with Crippen LogP contribution in [-0.2, 0) is 0 Å². The zero-order chi connectivity index (χ0) is 15.6. The lowest BCUT2D eigenvalue weighted by molar-refractivity contribution is 0.0696. The van der Waals surface area contributed by atoms with E-state index in [4.69, 9.17) is 5.11 Å². The average Bonchev–Trinajstić information content (AvgIpc) is 2.44. The summed E-state index contributed by atoms with van der Waals surface area (Å²) in [6.07, 6.45) is 0. The molecule has 0 atom stereocenters. The third-order valence-corrected chi connectivity index (χ3v) is 4.08. The van der Waals surface area contributed by atoms with Gasteiger partial charge in [0, 0.05) is 15.7 Å². The number of aryl methyl sites for hydroxylation is 1. The Balaban J connectivity index is 2.20. The van der Waals surface area contributed by atoms with Crippen LogP contribution >= 0.6 is 15.9 Å². The molecule has 2 aromatic carbocycles. The van der Waals surface area contributed by atoms with Crippen LogP contribution < -0.4 is 5.32 Å². The Hall–Kier alpha value is -2.14. The largest absolute Gasteiger partial charge is 0.478 e. The first kappa shape index (κ1) is 15.3. The van der Waals surface area contributed by atoms with Crippen molar-refractivity contribution in [1.82, 2.24) is 0 Å². The van der Waals surface area contributed by atoms with E-state index in [1.807, 2.05) is 19.9 Å². The fourth-order valence-electron chi connectivity index (χ4n) is 1.85. The van der Waals surface area contributed by atoms with Gasteiger partial charge in [-0.05, 0) is 61.4 Å². The summed E-state index contributed by atoms with van der Waals surface area (Å²) < 4.78 is 0.883. The molecule has 0 spiro atoms. The Labute approximate surface area is 130 Å². The van der Waals surface area contributed by atoms with Gasteiger partial charge in [0.15, 0.2) is 0 Å². The number of halogens is 1. The number of hydrogen-bond donors (Lipinski definition) is 2. The quantitative estimate of drug-likeness (QED) is 0.881. The number of anilines is 1. The normalized spacial score (nSPS) is 10.2. The first-order chi connectivity index (χ1) is 9.88. The van der Waals surface area contributed by atoms with Crippen molar-refractivity contribution in [2.24, 2.45) is 0 Å². The van der Waals surface area contributed by atoms with Crippen LogP contribution in [0.25, 0.3) is 0 Å². The van der Waals surface area contributed by atoms with E-state index in [2.05, 4.69) is 21.2 Å². The van der Waals surface area contributed by atoms with Crippen molar-refractivity contribution in [3.05, 3.63) is 63.1 Å². The summed E-state index contributed by atoms with van der Waals surface area (Å²) in [6, 6.07) is 9.63. The highest BCUT2D eigenvalue weighted by Crippen LogP contribution is 2.22. The van der Waals surface area contributed by atoms with Crippen molar-refractivity contribution >= 4 is 33.5 Å². The third kappa shape index (κ3) is 3.49. The summed E-state index contributed by atoms with van der Waals surface area (Å²) in [6.45, 7) is 3.92. The number of carboxylic acids is 1. The SMILES string of the molecule is Cc1cc(C(=O)Nc2ccc(C(=O)O)cc2)cc(Br)c1C. The second-order valence-electron chi connectivity index (χ2n) is 4.74. The Bertz CT molecular complexity index is 685.